The Hall–Kier alpha value is 0.960. The van der Waals surface area contributed by atoms with E-state index >= 15 is 0 Å². The third-order valence-electron chi connectivity index (χ3n) is 3.60. The molecule has 0 atom stereocenters. The fourth-order valence-corrected chi connectivity index (χ4v) is 4.87. The van der Waals surface area contributed by atoms with Crippen molar-refractivity contribution in [1.29, 1.82) is 0 Å². The van der Waals surface area contributed by atoms with Gasteiger partial charge in [0.2, 0.25) is 0 Å². The minimum Gasteiger partial charge on any atom is -0.0922 e. The van der Waals surface area contributed by atoms with Gasteiger partial charge in [0.1, 0.15) is 0 Å². The van der Waals surface area contributed by atoms with Gasteiger partial charge in [-0.05, 0) is 30.1 Å². The van der Waals surface area contributed by atoms with Crippen LogP contribution in [0.4, 0.5) is 0 Å². The van der Waals surface area contributed by atoms with E-state index in [0.717, 1.165) is 22.5 Å². The van der Waals surface area contributed by atoms with Gasteiger partial charge in [-0.25, -0.2) is 0 Å². The average molecular weight is 340 g/mol. The number of rotatable bonds is 6. The highest BCUT2D eigenvalue weighted by molar-refractivity contribution is 9.09. The molecule has 0 aromatic heterocycles. The second-order valence-corrected chi connectivity index (χ2v) is 6.84. The molecule has 1 aliphatic rings. The molecule has 1 aliphatic carbocycles. The summed E-state index contributed by atoms with van der Waals surface area (Å²) in [6.45, 7) is 4.68. The van der Waals surface area contributed by atoms with Crippen LogP contribution in [0, 0.1) is 17.3 Å². The van der Waals surface area contributed by atoms with Crippen molar-refractivity contribution in [2.75, 3.05) is 10.7 Å². The molecule has 15 heavy (non-hydrogen) atoms. The lowest BCUT2D eigenvalue weighted by molar-refractivity contribution is 0.236. The van der Waals surface area contributed by atoms with Crippen molar-refractivity contribution >= 4 is 31.9 Å². The number of hydrogen-bond donors (Lipinski definition) is 0. The van der Waals surface area contributed by atoms with Crippen LogP contribution < -0.4 is 0 Å². The molecule has 1 fully saturated rings. The predicted molar refractivity (Wildman–Crippen MR) is 76.1 cm³/mol. The molecule has 1 saturated carbocycles. The summed E-state index contributed by atoms with van der Waals surface area (Å²) in [7, 11) is 0. The second kappa shape index (κ2) is 6.64. The van der Waals surface area contributed by atoms with Crippen LogP contribution in [0.25, 0.3) is 0 Å². The summed E-state index contributed by atoms with van der Waals surface area (Å²) in [5.74, 6) is 1.81. The Morgan fingerprint density at radius 2 is 1.67 bits per heavy atom. The molecule has 0 amide bonds. The van der Waals surface area contributed by atoms with Crippen LogP contribution in [0.2, 0.25) is 0 Å². The van der Waals surface area contributed by atoms with Gasteiger partial charge >= 0.3 is 0 Å². The van der Waals surface area contributed by atoms with Crippen LogP contribution in [0.15, 0.2) is 0 Å². The van der Waals surface area contributed by atoms with Gasteiger partial charge in [0.15, 0.2) is 0 Å². The third kappa shape index (κ3) is 4.38. The first kappa shape index (κ1) is 14.0. The minimum absolute atomic E-state index is 0.503. The summed E-state index contributed by atoms with van der Waals surface area (Å²) >= 11 is 7.48. The molecular weight excluding hydrogens is 316 g/mol. The standard InChI is InChI=1S/C13H24Br2/c1-11(2)7-13(9-14,10-15)8-12-5-3-4-6-12/h11-12H,3-10H2,1-2H3. The quantitative estimate of drug-likeness (QED) is 0.569. The molecule has 0 radical (unpaired) electrons. The Morgan fingerprint density at radius 3 is 2.07 bits per heavy atom. The van der Waals surface area contributed by atoms with E-state index in [1.165, 1.54) is 38.5 Å². The van der Waals surface area contributed by atoms with Crippen molar-refractivity contribution in [2.24, 2.45) is 17.3 Å². The molecule has 1 rings (SSSR count). The molecule has 0 spiro atoms. The molecular formula is C13H24Br2. The molecule has 0 aromatic rings. The second-order valence-electron chi connectivity index (χ2n) is 5.72. The fraction of sp³-hybridized carbons (Fsp3) is 1.00. The summed E-state index contributed by atoms with van der Waals surface area (Å²) in [4.78, 5) is 0. The minimum atomic E-state index is 0.503. The van der Waals surface area contributed by atoms with Crippen LogP contribution >= 0.6 is 31.9 Å². The molecule has 0 N–H and O–H groups in total. The van der Waals surface area contributed by atoms with Crippen molar-refractivity contribution in [3.05, 3.63) is 0 Å². The topological polar surface area (TPSA) is 0 Å². The lowest BCUT2D eigenvalue weighted by Crippen LogP contribution is -2.29. The Morgan fingerprint density at radius 1 is 1.13 bits per heavy atom. The molecule has 0 unspecified atom stereocenters. The van der Waals surface area contributed by atoms with E-state index in [1.54, 1.807) is 0 Å². The zero-order valence-electron chi connectivity index (χ0n) is 10.1. The molecule has 0 aromatic carbocycles. The van der Waals surface area contributed by atoms with Crippen LogP contribution in [-0.2, 0) is 0 Å². The van der Waals surface area contributed by atoms with E-state index in [0.29, 0.717) is 5.41 Å². The zero-order valence-corrected chi connectivity index (χ0v) is 13.2. The summed E-state index contributed by atoms with van der Waals surface area (Å²) < 4.78 is 0. The van der Waals surface area contributed by atoms with E-state index in [4.69, 9.17) is 0 Å². The van der Waals surface area contributed by atoms with Gasteiger partial charge in [0, 0.05) is 10.7 Å². The maximum atomic E-state index is 3.74. The monoisotopic (exact) mass is 338 g/mol. The Labute approximate surface area is 112 Å². The molecule has 2 heteroatoms. The van der Waals surface area contributed by atoms with E-state index in [9.17, 15) is 0 Å². The molecule has 0 bridgehead atoms. The first-order chi connectivity index (χ1) is 7.12. The van der Waals surface area contributed by atoms with E-state index in [1.807, 2.05) is 0 Å². The highest BCUT2D eigenvalue weighted by Gasteiger charge is 2.32. The van der Waals surface area contributed by atoms with Gasteiger partial charge in [-0.3, -0.25) is 0 Å². The summed E-state index contributed by atoms with van der Waals surface area (Å²) in [6.07, 6.45) is 8.64. The Bertz CT molecular complexity index is 167. The molecule has 0 nitrogen and oxygen atoms in total. The highest BCUT2D eigenvalue weighted by Crippen LogP contribution is 2.42. The Kier molecular flexibility index (Phi) is 6.20. The molecule has 0 aliphatic heterocycles. The van der Waals surface area contributed by atoms with Crippen LogP contribution in [0.3, 0.4) is 0 Å². The van der Waals surface area contributed by atoms with Crippen molar-refractivity contribution in [3.8, 4) is 0 Å². The number of alkyl halides is 2. The lowest BCUT2D eigenvalue weighted by atomic mass is 9.76. The van der Waals surface area contributed by atoms with E-state index in [-0.39, 0.29) is 0 Å². The van der Waals surface area contributed by atoms with Gasteiger partial charge in [-0.15, -0.1) is 0 Å². The first-order valence-corrected chi connectivity index (χ1v) is 8.48. The third-order valence-corrected chi connectivity index (χ3v) is 5.98. The van der Waals surface area contributed by atoms with Crippen molar-refractivity contribution in [2.45, 2.75) is 52.4 Å². The number of hydrogen-bond acceptors (Lipinski definition) is 0. The predicted octanol–water partition coefficient (Wildman–Crippen LogP) is 5.39. The van der Waals surface area contributed by atoms with Crippen molar-refractivity contribution < 1.29 is 0 Å². The van der Waals surface area contributed by atoms with E-state index < -0.39 is 0 Å². The average Bonchev–Trinajstić information content (AvgIpc) is 2.68. The Balaban J connectivity index is 2.53. The fourth-order valence-electron chi connectivity index (χ4n) is 3.03. The van der Waals surface area contributed by atoms with Gasteiger partial charge in [0.05, 0.1) is 0 Å². The van der Waals surface area contributed by atoms with Crippen LogP contribution in [-0.4, -0.2) is 10.7 Å². The maximum Gasteiger partial charge on any atom is 0.00961 e. The van der Waals surface area contributed by atoms with Crippen molar-refractivity contribution in [1.82, 2.24) is 0 Å². The summed E-state index contributed by atoms with van der Waals surface area (Å²) in [5, 5.41) is 2.31. The van der Waals surface area contributed by atoms with Crippen molar-refractivity contribution in [3.63, 3.8) is 0 Å². The highest BCUT2D eigenvalue weighted by atomic mass is 79.9. The van der Waals surface area contributed by atoms with Crippen LogP contribution in [0.5, 0.6) is 0 Å². The molecule has 0 saturated heterocycles. The molecule has 0 heterocycles. The number of halogens is 2. The first-order valence-electron chi connectivity index (χ1n) is 6.24. The SMILES string of the molecule is CC(C)CC(CBr)(CBr)CC1CCCC1. The normalized spacial score (nSPS) is 19.0. The largest absolute Gasteiger partial charge is 0.0922 e. The van der Waals surface area contributed by atoms with Gasteiger partial charge in [0.25, 0.3) is 0 Å². The van der Waals surface area contributed by atoms with E-state index in [2.05, 4.69) is 45.7 Å². The van der Waals surface area contributed by atoms with Gasteiger partial charge in [-0.1, -0.05) is 71.4 Å². The van der Waals surface area contributed by atoms with Crippen LogP contribution in [0.1, 0.15) is 52.4 Å². The lowest BCUT2D eigenvalue weighted by Gasteiger charge is -2.34. The molecule has 90 valence electrons. The summed E-state index contributed by atoms with van der Waals surface area (Å²) in [6, 6.07) is 0. The smallest absolute Gasteiger partial charge is 0.00961 e. The zero-order chi connectivity index (χ0) is 11.3. The summed E-state index contributed by atoms with van der Waals surface area (Å²) in [5.41, 5.74) is 0.503. The van der Waals surface area contributed by atoms with Gasteiger partial charge in [-0.2, -0.15) is 0 Å². The maximum absolute atomic E-state index is 3.74. The van der Waals surface area contributed by atoms with Gasteiger partial charge < -0.3 is 0 Å².